The lowest BCUT2D eigenvalue weighted by Crippen LogP contribution is -2.58. The average molecular weight is 305 g/mol. The molecule has 1 saturated carbocycles. The van der Waals surface area contributed by atoms with Crippen molar-refractivity contribution in [2.45, 2.75) is 71.3 Å². The standard InChI is InChI=1S/C15H32N2O2S/c1-4-11-17(20(18,19)12-8-14(2)3)15(13-16)9-6-5-7-10-15/h14H,4-13,16H2,1-3H3. The average Bonchev–Trinajstić information content (AvgIpc) is 2.43. The van der Waals surface area contributed by atoms with Crippen molar-refractivity contribution in [3.8, 4) is 0 Å². The van der Waals surface area contributed by atoms with Crippen LogP contribution in [0.4, 0.5) is 0 Å². The molecule has 0 radical (unpaired) electrons. The summed E-state index contributed by atoms with van der Waals surface area (Å²) in [7, 11) is -3.20. The van der Waals surface area contributed by atoms with Crippen LogP contribution in [-0.4, -0.2) is 37.1 Å². The molecule has 0 bridgehead atoms. The molecule has 1 aliphatic carbocycles. The smallest absolute Gasteiger partial charge is 0.214 e. The number of sulfonamides is 1. The first-order chi connectivity index (χ1) is 9.38. The van der Waals surface area contributed by atoms with E-state index in [4.69, 9.17) is 5.73 Å². The fourth-order valence-corrected chi connectivity index (χ4v) is 5.43. The predicted molar refractivity (Wildman–Crippen MR) is 85.1 cm³/mol. The summed E-state index contributed by atoms with van der Waals surface area (Å²) in [5, 5.41) is 0. The van der Waals surface area contributed by atoms with Gasteiger partial charge in [0.25, 0.3) is 0 Å². The van der Waals surface area contributed by atoms with Crippen molar-refractivity contribution < 1.29 is 8.42 Å². The van der Waals surface area contributed by atoms with Crippen LogP contribution in [0.25, 0.3) is 0 Å². The van der Waals surface area contributed by atoms with Crippen molar-refractivity contribution in [3.05, 3.63) is 0 Å². The fourth-order valence-electron chi connectivity index (χ4n) is 3.13. The highest BCUT2D eigenvalue weighted by Crippen LogP contribution is 2.35. The van der Waals surface area contributed by atoms with Gasteiger partial charge in [-0.25, -0.2) is 8.42 Å². The maximum Gasteiger partial charge on any atom is 0.214 e. The van der Waals surface area contributed by atoms with Crippen molar-refractivity contribution in [3.63, 3.8) is 0 Å². The Morgan fingerprint density at radius 1 is 1.20 bits per heavy atom. The van der Waals surface area contributed by atoms with Crippen LogP contribution in [0.15, 0.2) is 0 Å². The minimum Gasteiger partial charge on any atom is -0.329 e. The quantitative estimate of drug-likeness (QED) is 0.750. The second kappa shape index (κ2) is 7.76. The second-order valence-electron chi connectivity index (χ2n) is 6.56. The van der Waals surface area contributed by atoms with Crippen LogP contribution in [0.1, 0.15) is 65.7 Å². The van der Waals surface area contributed by atoms with Gasteiger partial charge in [0, 0.05) is 18.6 Å². The number of rotatable bonds is 8. The molecule has 0 aliphatic heterocycles. The van der Waals surface area contributed by atoms with Crippen molar-refractivity contribution in [2.75, 3.05) is 18.8 Å². The van der Waals surface area contributed by atoms with Crippen LogP contribution < -0.4 is 5.73 Å². The molecular formula is C15H32N2O2S. The van der Waals surface area contributed by atoms with Gasteiger partial charge in [0.15, 0.2) is 0 Å². The van der Waals surface area contributed by atoms with E-state index in [2.05, 4.69) is 13.8 Å². The van der Waals surface area contributed by atoms with Crippen molar-refractivity contribution >= 4 is 10.0 Å². The van der Waals surface area contributed by atoms with Gasteiger partial charge in [-0.1, -0.05) is 40.0 Å². The third-order valence-corrected chi connectivity index (χ3v) is 6.40. The molecule has 1 aliphatic rings. The topological polar surface area (TPSA) is 63.4 Å². The van der Waals surface area contributed by atoms with Crippen LogP contribution in [0.3, 0.4) is 0 Å². The first-order valence-corrected chi connectivity index (χ1v) is 9.69. The highest BCUT2D eigenvalue weighted by Gasteiger charge is 2.42. The lowest BCUT2D eigenvalue weighted by Gasteiger charge is -2.45. The molecule has 0 heterocycles. The molecule has 0 aromatic heterocycles. The third-order valence-electron chi connectivity index (χ3n) is 4.41. The summed E-state index contributed by atoms with van der Waals surface area (Å²) in [6, 6.07) is 0. The Bertz CT molecular complexity index is 373. The summed E-state index contributed by atoms with van der Waals surface area (Å²) < 4.78 is 27.3. The summed E-state index contributed by atoms with van der Waals surface area (Å²) in [6.07, 6.45) is 6.81. The van der Waals surface area contributed by atoms with Crippen LogP contribution in [0.5, 0.6) is 0 Å². The summed E-state index contributed by atoms with van der Waals surface area (Å²) in [4.78, 5) is 0. The van der Waals surface area contributed by atoms with Gasteiger partial charge in [-0.05, 0) is 31.6 Å². The first-order valence-electron chi connectivity index (χ1n) is 8.08. The molecule has 0 unspecified atom stereocenters. The van der Waals surface area contributed by atoms with E-state index >= 15 is 0 Å². The van der Waals surface area contributed by atoms with E-state index in [1.807, 2.05) is 6.92 Å². The second-order valence-corrected chi connectivity index (χ2v) is 8.57. The molecule has 20 heavy (non-hydrogen) atoms. The summed E-state index contributed by atoms with van der Waals surface area (Å²) in [5.41, 5.74) is 5.70. The van der Waals surface area contributed by atoms with Gasteiger partial charge >= 0.3 is 0 Å². The normalized spacial score (nSPS) is 19.7. The van der Waals surface area contributed by atoms with Crippen molar-refractivity contribution in [1.82, 2.24) is 4.31 Å². The zero-order valence-electron chi connectivity index (χ0n) is 13.4. The summed E-state index contributed by atoms with van der Waals surface area (Å²) in [5.74, 6) is 0.667. The van der Waals surface area contributed by atoms with Gasteiger partial charge in [0.1, 0.15) is 0 Å². The Kier molecular flexibility index (Phi) is 6.95. The van der Waals surface area contributed by atoms with E-state index in [1.54, 1.807) is 4.31 Å². The van der Waals surface area contributed by atoms with E-state index in [-0.39, 0.29) is 11.3 Å². The van der Waals surface area contributed by atoms with Crippen LogP contribution in [0.2, 0.25) is 0 Å². The molecule has 4 nitrogen and oxygen atoms in total. The number of hydrogen-bond acceptors (Lipinski definition) is 3. The van der Waals surface area contributed by atoms with Crippen LogP contribution in [0, 0.1) is 5.92 Å². The molecule has 0 saturated heterocycles. The summed E-state index contributed by atoms with van der Waals surface area (Å²) in [6.45, 7) is 7.24. The molecule has 0 aromatic rings. The van der Waals surface area contributed by atoms with Crippen LogP contribution in [-0.2, 0) is 10.0 Å². The van der Waals surface area contributed by atoms with Gasteiger partial charge in [-0.3, -0.25) is 0 Å². The van der Waals surface area contributed by atoms with Crippen molar-refractivity contribution in [1.29, 1.82) is 0 Å². The Labute approximate surface area is 125 Å². The van der Waals surface area contributed by atoms with Gasteiger partial charge in [-0.15, -0.1) is 0 Å². The monoisotopic (exact) mass is 304 g/mol. The molecule has 0 amide bonds. The maximum absolute atomic E-state index is 12.8. The Morgan fingerprint density at radius 2 is 1.80 bits per heavy atom. The van der Waals surface area contributed by atoms with E-state index in [0.717, 1.165) is 38.5 Å². The molecule has 1 fully saturated rings. The molecule has 5 heteroatoms. The zero-order valence-corrected chi connectivity index (χ0v) is 14.2. The molecular weight excluding hydrogens is 272 g/mol. The Balaban J connectivity index is 2.95. The molecule has 0 spiro atoms. The van der Waals surface area contributed by atoms with Crippen LogP contribution >= 0.6 is 0 Å². The SMILES string of the molecule is CCCN(C1(CN)CCCCC1)S(=O)(=O)CCC(C)C. The van der Waals surface area contributed by atoms with Gasteiger partial charge in [-0.2, -0.15) is 4.31 Å². The minimum atomic E-state index is -3.20. The Hall–Kier alpha value is -0.130. The highest BCUT2D eigenvalue weighted by molar-refractivity contribution is 7.89. The van der Waals surface area contributed by atoms with E-state index < -0.39 is 10.0 Å². The van der Waals surface area contributed by atoms with E-state index in [9.17, 15) is 8.42 Å². The Morgan fingerprint density at radius 3 is 2.25 bits per heavy atom. The van der Waals surface area contributed by atoms with Gasteiger partial charge in [0.05, 0.1) is 5.75 Å². The largest absolute Gasteiger partial charge is 0.329 e. The lowest BCUT2D eigenvalue weighted by atomic mass is 9.81. The lowest BCUT2D eigenvalue weighted by molar-refractivity contribution is 0.136. The minimum absolute atomic E-state index is 0.256. The zero-order chi connectivity index (χ0) is 15.2. The molecule has 2 N–H and O–H groups in total. The molecule has 1 rings (SSSR count). The van der Waals surface area contributed by atoms with Gasteiger partial charge < -0.3 is 5.73 Å². The molecule has 0 aromatic carbocycles. The third kappa shape index (κ3) is 4.43. The molecule has 120 valence electrons. The highest BCUT2D eigenvalue weighted by atomic mass is 32.2. The van der Waals surface area contributed by atoms with Crippen molar-refractivity contribution in [2.24, 2.45) is 11.7 Å². The number of nitrogens with two attached hydrogens (primary N) is 1. The van der Waals surface area contributed by atoms with E-state index in [0.29, 0.717) is 19.0 Å². The first kappa shape index (κ1) is 17.9. The van der Waals surface area contributed by atoms with Gasteiger partial charge in [0.2, 0.25) is 10.0 Å². The fraction of sp³-hybridized carbons (Fsp3) is 1.00. The predicted octanol–water partition coefficient (Wildman–Crippen LogP) is 2.74. The summed E-state index contributed by atoms with van der Waals surface area (Å²) >= 11 is 0. The number of hydrogen-bond donors (Lipinski definition) is 1. The number of nitrogens with zero attached hydrogens (tertiary/aromatic N) is 1. The molecule has 0 atom stereocenters. The van der Waals surface area contributed by atoms with E-state index in [1.165, 1.54) is 6.42 Å². The maximum atomic E-state index is 12.8.